The Morgan fingerprint density at radius 2 is 1.70 bits per heavy atom. The van der Waals surface area contributed by atoms with Crippen LogP contribution in [0.2, 0.25) is 0 Å². The molecule has 0 aliphatic heterocycles. The predicted octanol–water partition coefficient (Wildman–Crippen LogP) is 3.38. The summed E-state index contributed by atoms with van der Waals surface area (Å²) in [5, 5.41) is 11.5. The maximum Gasteiger partial charge on any atom is 0.322 e. The zero-order valence-electron chi connectivity index (χ0n) is 12.4. The van der Waals surface area contributed by atoms with E-state index in [9.17, 15) is 9.59 Å². The van der Waals surface area contributed by atoms with Gasteiger partial charge in [0.25, 0.3) is 0 Å². The van der Waals surface area contributed by atoms with Gasteiger partial charge in [0.05, 0.1) is 0 Å². The van der Waals surface area contributed by atoms with Crippen LogP contribution >= 0.6 is 12.6 Å². The van der Waals surface area contributed by atoms with Gasteiger partial charge in [-0.15, -0.1) is 0 Å². The van der Waals surface area contributed by atoms with Gasteiger partial charge < -0.3 is 10.4 Å². The van der Waals surface area contributed by atoms with Gasteiger partial charge in [-0.2, -0.15) is 12.6 Å². The minimum absolute atomic E-state index is 0.169. The highest BCUT2D eigenvalue weighted by molar-refractivity contribution is 7.80. The molecule has 4 nitrogen and oxygen atoms in total. The molecule has 0 spiro atoms. The highest BCUT2D eigenvalue weighted by Crippen LogP contribution is 2.21. The van der Waals surface area contributed by atoms with Crippen molar-refractivity contribution in [3.8, 4) is 0 Å². The highest BCUT2D eigenvalue weighted by Gasteiger charge is 2.15. The van der Waals surface area contributed by atoms with Crippen LogP contribution in [0.5, 0.6) is 0 Å². The summed E-state index contributed by atoms with van der Waals surface area (Å²) >= 11 is 4.25. The molecule has 0 amide bonds. The summed E-state index contributed by atoms with van der Waals surface area (Å²) in [4.78, 5) is 23.5. The van der Waals surface area contributed by atoms with Crippen LogP contribution in [0.1, 0.15) is 15.9 Å². The second kappa shape index (κ2) is 8.19. The van der Waals surface area contributed by atoms with Crippen LogP contribution < -0.4 is 5.32 Å². The first-order valence-corrected chi connectivity index (χ1v) is 7.71. The molecule has 23 heavy (non-hydrogen) atoms. The van der Waals surface area contributed by atoms with Gasteiger partial charge in [-0.05, 0) is 23.8 Å². The van der Waals surface area contributed by atoms with E-state index in [1.165, 1.54) is 0 Å². The fourth-order valence-corrected chi connectivity index (χ4v) is 2.35. The summed E-state index contributed by atoms with van der Waals surface area (Å²) < 4.78 is 0. The Kier molecular flexibility index (Phi) is 6.00. The zero-order valence-corrected chi connectivity index (χ0v) is 13.3. The number of anilines is 1. The van der Waals surface area contributed by atoms with Crippen molar-refractivity contribution in [2.75, 3.05) is 17.6 Å². The van der Waals surface area contributed by atoms with Gasteiger partial charge in [-0.1, -0.05) is 42.5 Å². The number of nitrogens with one attached hydrogen (secondary N) is 1. The Labute approximate surface area is 140 Å². The van der Waals surface area contributed by atoms with Gasteiger partial charge in [0.15, 0.2) is 5.78 Å². The average molecular weight is 327 g/mol. The van der Waals surface area contributed by atoms with Crippen LogP contribution in [-0.2, 0) is 4.79 Å². The molecule has 2 aromatic rings. The van der Waals surface area contributed by atoms with Crippen molar-refractivity contribution in [3.63, 3.8) is 0 Å². The molecule has 0 aromatic heterocycles. The minimum atomic E-state index is -0.985. The van der Waals surface area contributed by atoms with Crippen LogP contribution in [-0.4, -0.2) is 29.2 Å². The van der Waals surface area contributed by atoms with Crippen molar-refractivity contribution in [2.45, 2.75) is 0 Å². The van der Waals surface area contributed by atoms with Gasteiger partial charge in [0, 0.05) is 22.6 Å². The third-order valence-corrected chi connectivity index (χ3v) is 3.54. The number of Topliss-reactive ketones (excluding diaryl/α,β-unsaturated/α-hetero) is 1. The summed E-state index contributed by atoms with van der Waals surface area (Å²) in [6.45, 7) is -0.247. The van der Waals surface area contributed by atoms with E-state index in [2.05, 4.69) is 17.9 Å². The summed E-state index contributed by atoms with van der Waals surface area (Å²) in [6, 6.07) is 16.4. The maximum absolute atomic E-state index is 12.7. The van der Waals surface area contributed by atoms with Crippen LogP contribution in [0.3, 0.4) is 0 Å². The van der Waals surface area contributed by atoms with E-state index < -0.39 is 5.97 Å². The Hall–Kier alpha value is -2.53. The largest absolute Gasteiger partial charge is 0.480 e. The molecule has 0 atom stereocenters. The second-order valence-electron chi connectivity index (χ2n) is 4.86. The third kappa shape index (κ3) is 4.72. The van der Waals surface area contributed by atoms with E-state index >= 15 is 0 Å². The first-order chi connectivity index (χ1) is 11.1. The highest BCUT2D eigenvalue weighted by atomic mass is 32.1. The number of ketones is 1. The quantitative estimate of drug-likeness (QED) is 0.414. The summed E-state index contributed by atoms with van der Waals surface area (Å²) in [7, 11) is 0. The number of carboxylic acid groups (broad SMARTS) is 1. The van der Waals surface area contributed by atoms with Crippen molar-refractivity contribution in [3.05, 3.63) is 71.3 Å². The lowest BCUT2D eigenvalue weighted by atomic mass is 10.0. The van der Waals surface area contributed by atoms with E-state index in [0.29, 0.717) is 22.6 Å². The number of carboxylic acids is 1. The molecule has 2 aromatic carbocycles. The molecular formula is C18H17NO3S. The van der Waals surface area contributed by atoms with Crippen molar-refractivity contribution in [2.24, 2.45) is 0 Å². The molecule has 2 N–H and O–H groups in total. The topological polar surface area (TPSA) is 66.4 Å². The predicted molar refractivity (Wildman–Crippen MR) is 95.2 cm³/mol. The van der Waals surface area contributed by atoms with Crippen LogP contribution in [0, 0.1) is 0 Å². The van der Waals surface area contributed by atoms with Crippen LogP contribution in [0.4, 0.5) is 5.69 Å². The molecule has 0 aliphatic carbocycles. The number of rotatable bonds is 7. The number of thiol groups is 1. The molecule has 0 radical (unpaired) electrons. The Bertz CT molecular complexity index is 726. The lowest BCUT2D eigenvalue weighted by Crippen LogP contribution is -2.15. The number of carbonyl (C=O) groups excluding carboxylic acids is 1. The first kappa shape index (κ1) is 16.8. The standard InChI is InChI=1S/C18H17NO3S/c20-17(21)11-19-16-9-5-4-8-15(16)18(22)14(12-23)10-13-6-2-1-3-7-13/h1-10,19,23H,11-12H2,(H,20,21)/b14-10-. The van der Waals surface area contributed by atoms with Gasteiger partial charge >= 0.3 is 5.97 Å². The van der Waals surface area contributed by atoms with E-state index in [1.807, 2.05) is 30.3 Å². The molecule has 0 aliphatic rings. The molecule has 2 rings (SSSR count). The van der Waals surface area contributed by atoms with Crippen LogP contribution in [0.25, 0.3) is 6.08 Å². The molecular weight excluding hydrogens is 310 g/mol. The molecule has 0 bridgehead atoms. The zero-order chi connectivity index (χ0) is 16.7. The molecule has 0 heterocycles. The van der Waals surface area contributed by atoms with Crippen molar-refractivity contribution in [1.29, 1.82) is 0 Å². The molecule has 5 heteroatoms. The molecule has 0 unspecified atom stereocenters. The Balaban J connectivity index is 2.31. The van der Waals surface area contributed by atoms with E-state index in [1.54, 1.807) is 30.3 Å². The summed E-state index contributed by atoms with van der Waals surface area (Å²) in [5.41, 5.74) is 2.40. The van der Waals surface area contributed by atoms with Crippen molar-refractivity contribution in [1.82, 2.24) is 0 Å². The lowest BCUT2D eigenvalue weighted by molar-refractivity contribution is -0.134. The second-order valence-corrected chi connectivity index (χ2v) is 5.18. The maximum atomic E-state index is 12.7. The summed E-state index contributed by atoms with van der Waals surface area (Å²) in [6.07, 6.45) is 1.79. The number of aliphatic carboxylic acids is 1. The number of hydrogen-bond acceptors (Lipinski definition) is 4. The normalized spacial score (nSPS) is 11.1. The first-order valence-electron chi connectivity index (χ1n) is 7.07. The fraction of sp³-hybridized carbons (Fsp3) is 0.111. The number of para-hydroxylation sites is 1. The number of hydrogen-bond donors (Lipinski definition) is 3. The number of carbonyl (C=O) groups is 2. The lowest BCUT2D eigenvalue weighted by Gasteiger charge is -2.11. The number of benzene rings is 2. The van der Waals surface area contributed by atoms with Crippen LogP contribution in [0.15, 0.2) is 60.2 Å². The van der Waals surface area contributed by atoms with Crippen molar-refractivity contribution >= 4 is 36.1 Å². The third-order valence-electron chi connectivity index (χ3n) is 3.20. The molecule has 0 fully saturated rings. The SMILES string of the molecule is O=C(O)CNc1ccccc1C(=O)/C(=C\c1ccccc1)CS. The van der Waals surface area contributed by atoms with Gasteiger partial charge in [-0.3, -0.25) is 9.59 Å². The van der Waals surface area contributed by atoms with Gasteiger partial charge in [0.2, 0.25) is 0 Å². The van der Waals surface area contributed by atoms with Gasteiger partial charge in [0.1, 0.15) is 6.54 Å². The molecule has 0 saturated carbocycles. The molecule has 118 valence electrons. The monoisotopic (exact) mass is 327 g/mol. The smallest absolute Gasteiger partial charge is 0.322 e. The Morgan fingerprint density at radius 1 is 1.04 bits per heavy atom. The Morgan fingerprint density at radius 3 is 2.35 bits per heavy atom. The van der Waals surface area contributed by atoms with E-state index in [4.69, 9.17) is 5.11 Å². The summed E-state index contributed by atoms with van der Waals surface area (Å²) in [5.74, 6) is -0.861. The minimum Gasteiger partial charge on any atom is -0.480 e. The molecule has 0 saturated heterocycles. The fourth-order valence-electron chi connectivity index (χ4n) is 2.11. The van der Waals surface area contributed by atoms with E-state index in [-0.39, 0.29) is 12.3 Å². The van der Waals surface area contributed by atoms with Crippen molar-refractivity contribution < 1.29 is 14.7 Å². The average Bonchev–Trinajstić information content (AvgIpc) is 2.58. The van der Waals surface area contributed by atoms with Gasteiger partial charge in [-0.25, -0.2) is 0 Å². The van der Waals surface area contributed by atoms with E-state index in [0.717, 1.165) is 5.56 Å².